The predicted molar refractivity (Wildman–Crippen MR) is 107 cm³/mol. The minimum absolute atomic E-state index is 0.152. The molecular formula is C20H26N4O5. The van der Waals surface area contributed by atoms with Crippen LogP contribution in [-0.2, 0) is 9.53 Å². The summed E-state index contributed by atoms with van der Waals surface area (Å²) >= 11 is 0. The molecule has 1 aromatic carbocycles. The van der Waals surface area contributed by atoms with E-state index < -0.39 is 12.1 Å². The molecule has 0 radical (unpaired) electrons. The summed E-state index contributed by atoms with van der Waals surface area (Å²) in [4.78, 5) is 24.5. The molecule has 0 saturated carbocycles. The van der Waals surface area contributed by atoms with E-state index in [0.717, 1.165) is 5.69 Å². The van der Waals surface area contributed by atoms with E-state index in [-0.39, 0.29) is 31.1 Å². The van der Waals surface area contributed by atoms with Gasteiger partial charge in [0.15, 0.2) is 5.76 Å². The molecule has 2 aromatic rings. The topological polar surface area (TPSA) is 126 Å². The number of urea groups is 1. The third-order valence-corrected chi connectivity index (χ3v) is 4.85. The maximum absolute atomic E-state index is 12.3. The molecule has 3 rings (SSSR count). The fourth-order valence-corrected chi connectivity index (χ4v) is 3.37. The van der Waals surface area contributed by atoms with Crippen molar-refractivity contribution in [3.8, 4) is 0 Å². The highest BCUT2D eigenvalue weighted by Crippen LogP contribution is 2.23. The number of anilines is 2. The molecule has 4 N–H and O–H groups in total. The van der Waals surface area contributed by atoms with E-state index in [9.17, 15) is 14.7 Å². The number of nitrogens with zero attached hydrogens (tertiary/aromatic N) is 1. The maximum Gasteiger partial charge on any atom is 0.319 e. The van der Waals surface area contributed by atoms with Gasteiger partial charge in [0.1, 0.15) is 17.5 Å². The lowest BCUT2D eigenvalue weighted by molar-refractivity contribution is -0.126. The number of ether oxygens (including phenoxy) is 1. The van der Waals surface area contributed by atoms with Gasteiger partial charge in [-0.05, 0) is 38.8 Å². The zero-order valence-electron chi connectivity index (χ0n) is 16.5. The smallest absolute Gasteiger partial charge is 0.319 e. The number of amides is 3. The van der Waals surface area contributed by atoms with Crippen LogP contribution < -0.4 is 16.0 Å². The molecule has 3 atom stereocenters. The van der Waals surface area contributed by atoms with E-state index in [1.807, 2.05) is 30.3 Å². The van der Waals surface area contributed by atoms with Crippen LogP contribution in [0.25, 0.3) is 0 Å². The molecule has 156 valence electrons. The summed E-state index contributed by atoms with van der Waals surface area (Å²) < 4.78 is 10.9. The number of hydrogen-bond acceptors (Lipinski definition) is 6. The molecule has 2 heterocycles. The van der Waals surface area contributed by atoms with Gasteiger partial charge in [-0.3, -0.25) is 4.79 Å². The molecule has 29 heavy (non-hydrogen) atoms. The number of rotatable bonds is 6. The summed E-state index contributed by atoms with van der Waals surface area (Å²) in [6, 6.07) is 8.40. The standard InChI is InChI=1S/C20H26N4O5/c1-12-19(13(2)29-24-12)23-20(27)22-16-9-8-15(28-17(16)11-25)10-18(26)21-14-6-4-3-5-7-14/h3-7,15-17,25H,8-11H2,1-2H3,(H,21,26)(H2,22,23,27)/t15-,16+,17-/m1/s1. The monoisotopic (exact) mass is 402 g/mol. The molecule has 0 aliphatic carbocycles. The zero-order chi connectivity index (χ0) is 20.8. The number of hydrogen-bond donors (Lipinski definition) is 4. The maximum atomic E-state index is 12.3. The Morgan fingerprint density at radius 2 is 1.93 bits per heavy atom. The molecule has 1 aliphatic rings. The number of para-hydroxylation sites is 1. The second-order valence-corrected chi connectivity index (χ2v) is 7.08. The van der Waals surface area contributed by atoms with Gasteiger partial charge in [0.25, 0.3) is 0 Å². The molecule has 3 amide bonds. The van der Waals surface area contributed by atoms with E-state index in [1.165, 1.54) is 0 Å². The van der Waals surface area contributed by atoms with Crippen molar-refractivity contribution in [3.63, 3.8) is 0 Å². The minimum Gasteiger partial charge on any atom is -0.394 e. The molecule has 1 saturated heterocycles. The third kappa shape index (κ3) is 5.55. The van der Waals surface area contributed by atoms with Crippen LogP contribution in [0, 0.1) is 13.8 Å². The van der Waals surface area contributed by atoms with Crippen molar-refractivity contribution in [2.75, 3.05) is 17.2 Å². The second-order valence-electron chi connectivity index (χ2n) is 7.08. The van der Waals surface area contributed by atoms with E-state index in [1.54, 1.807) is 13.8 Å². The van der Waals surface area contributed by atoms with Crippen LogP contribution in [0.4, 0.5) is 16.2 Å². The van der Waals surface area contributed by atoms with E-state index in [4.69, 9.17) is 9.26 Å². The molecule has 0 unspecified atom stereocenters. The molecule has 0 spiro atoms. The Kier molecular flexibility index (Phi) is 6.84. The fraction of sp³-hybridized carbons (Fsp3) is 0.450. The average molecular weight is 402 g/mol. The van der Waals surface area contributed by atoms with Gasteiger partial charge < -0.3 is 30.3 Å². The van der Waals surface area contributed by atoms with Gasteiger partial charge in [-0.2, -0.15) is 0 Å². The first-order chi connectivity index (χ1) is 14.0. The summed E-state index contributed by atoms with van der Waals surface area (Å²) in [6.45, 7) is 3.19. The largest absolute Gasteiger partial charge is 0.394 e. The van der Waals surface area contributed by atoms with Crippen molar-refractivity contribution in [3.05, 3.63) is 41.8 Å². The van der Waals surface area contributed by atoms with Gasteiger partial charge in [0, 0.05) is 5.69 Å². The Bertz CT molecular complexity index is 819. The van der Waals surface area contributed by atoms with E-state index in [2.05, 4.69) is 21.1 Å². The van der Waals surface area contributed by atoms with Crippen molar-refractivity contribution in [1.82, 2.24) is 10.5 Å². The van der Waals surface area contributed by atoms with Crippen LogP contribution in [0.3, 0.4) is 0 Å². The van der Waals surface area contributed by atoms with Crippen LogP contribution >= 0.6 is 0 Å². The van der Waals surface area contributed by atoms with Gasteiger partial charge in [0.2, 0.25) is 5.91 Å². The summed E-state index contributed by atoms with van der Waals surface area (Å²) in [6.07, 6.45) is 0.454. The van der Waals surface area contributed by atoms with Crippen LogP contribution in [0.5, 0.6) is 0 Å². The minimum atomic E-state index is -0.589. The van der Waals surface area contributed by atoms with Crippen molar-refractivity contribution >= 4 is 23.3 Å². The number of aliphatic hydroxyl groups is 1. The highest BCUT2D eigenvalue weighted by atomic mass is 16.5. The number of benzene rings is 1. The lowest BCUT2D eigenvalue weighted by Crippen LogP contribution is -2.52. The number of aryl methyl sites for hydroxylation is 2. The third-order valence-electron chi connectivity index (χ3n) is 4.85. The first kappa shape index (κ1) is 20.8. The summed E-state index contributed by atoms with van der Waals surface area (Å²) in [7, 11) is 0. The van der Waals surface area contributed by atoms with Crippen molar-refractivity contribution in [2.45, 2.75) is 51.4 Å². The Hall–Kier alpha value is -2.91. The van der Waals surface area contributed by atoms with Crippen LogP contribution in [-0.4, -0.2) is 47.1 Å². The highest BCUT2D eigenvalue weighted by molar-refractivity contribution is 5.91. The summed E-state index contributed by atoms with van der Waals surface area (Å²) in [5.41, 5.74) is 1.83. The number of aliphatic hydroxyl groups excluding tert-OH is 1. The lowest BCUT2D eigenvalue weighted by atomic mass is 9.97. The van der Waals surface area contributed by atoms with Crippen molar-refractivity contribution in [1.29, 1.82) is 0 Å². The molecular weight excluding hydrogens is 376 g/mol. The summed E-state index contributed by atoms with van der Waals surface area (Å²) in [5.74, 6) is 0.362. The normalized spacial score (nSPS) is 21.4. The SMILES string of the molecule is Cc1noc(C)c1NC(=O)N[C@H]1CC[C@H](CC(=O)Nc2ccccc2)O[C@@H]1CO. The zero-order valence-corrected chi connectivity index (χ0v) is 16.5. The molecule has 9 heteroatoms. The second kappa shape index (κ2) is 9.53. The Morgan fingerprint density at radius 1 is 1.17 bits per heavy atom. The fourth-order valence-electron chi connectivity index (χ4n) is 3.37. The summed E-state index contributed by atoms with van der Waals surface area (Å²) in [5, 5.41) is 21.8. The average Bonchev–Trinajstić information content (AvgIpc) is 3.01. The predicted octanol–water partition coefficient (Wildman–Crippen LogP) is 2.35. The van der Waals surface area contributed by atoms with Crippen LogP contribution in [0.1, 0.15) is 30.7 Å². The first-order valence-electron chi connectivity index (χ1n) is 9.58. The van der Waals surface area contributed by atoms with Gasteiger partial charge >= 0.3 is 6.03 Å². The molecule has 1 fully saturated rings. The number of carbonyl (C=O) groups excluding carboxylic acids is 2. The van der Waals surface area contributed by atoms with Gasteiger partial charge in [-0.1, -0.05) is 23.4 Å². The van der Waals surface area contributed by atoms with Gasteiger partial charge in [-0.15, -0.1) is 0 Å². The number of carbonyl (C=O) groups is 2. The first-order valence-corrected chi connectivity index (χ1v) is 9.58. The van der Waals surface area contributed by atoms with Crippen LogP contribution in [0.2, 0.25) is 0 Å². The number of nitrogens with one attached hydrogen (secondary N) is 3. The highest BCUT2D eigenvalue weighted by Gasteiger charge is 2.33. The lowest BCUT2D eigenvalue weighted by Gasteiger charge is -2.35. The molecule has 1 aliphatic heterocycles. The van der Waals surface area contributed by atoms with Crippen molar-refractivity contribution in [2.24, 2.45) is 0 Å². The van der Waals surface area contributed by atoms with E-state index in [0.29, 0.717) is 30.0 Å². The van der Waals surface area contributed by atoms with E-state index >= 15 is 0 Å². The molecule has 0 bridgehead atoms. The Morgan fingerprint density at radius 3 is 2.59 bits per heavy atom. The van der Waals surface area contributed by atoms with Crippen molar-refractivity contribution < 1.29 is 24.0 Å². The number of aromatic nitrogens is 1. The quantitative estimate of drug-likeness (QED) is 0.588. The van der Waals surface area contributed by atoms with Gasteiger partial charge in [-0.25, -0.2) is 4.79 Å². The Labute approximate surface area is 168 Å². The van der Waals surface area contributed by atoms with Gasteiger partial charge in [0.05, 0.1) is 25.2 Å². The molecule has 9 nitrogen and oxygen atoms in total. The van der Waals surface area contributed by atoms with Crippen LogP contribution in [0.15, 0.2) is 34.9 Å². The molecule has 1 aromatic heterocycles. The Balaban J connectivity index is 1.50.